The molecule has 190 valence electrons. The molecular weight excluding hydrogens is 482 g/mol. The van der Waals surface area contributed by atoms with Gasteiger partial charge >= 0.3 is 0 Å². The number of halogens is 2. The van der Waals surface area contributed by atoms with Crippen LogP contribution in [0.15, 0.2) is 60.0 Å². The maximum Gasteiger partial charge on any atom is 0.257 e. The zero-order valence-corrected chi connectivity index (χ0v) is 21.3. The van der Waals surface area contributed by atoms with Gasteiger partial charge in [-0.25, -0.2) is 8.78 Å². The first-order valence-corrected chi connectivity index (χ1v) is 13.0. The highest BCUT2D eigenvalue weighted by molar-refractivity contribution is 7.10. The number of benzene rings is 2. The second-order valence-electron chi connectivity index (χ2n) is 9.07. The third-order valence-electron chi connectivity index (χ3n) is 6.60. The quantitative estimate of drug-likeness (QED) is 0.369. The van der Waals surface area contributed by atoms with Crippen LogP contribution >= 0.6 is 11.3 Å². The predicted octanol–water partition coefficient (Wildman–Crippen LogP) is 5.72. The smallest absolute Gasteiger partial charge is 0.257 e. The molecule has 4 rings (SSSR count). The summed E-state index contributed by atoms with van der Waals surface area (Å²) in [5.41, 5.74) is 0.927. The summed E-state index contributed by atoms with van der Waals surface area (Å²) in [7, 11) is 0. The molecule has 2 amide bonds. The Bertz CT molecular complexity index is 1210. The van der Waals surface area contributed by atoms with Gasteiger partial charge in [-0.05, 0) is 53.6 Å². The van der Waals surface area contributed by atoms with E-state index in [1.807, 2.05) is 25.3 Å². The summed E-state index contributed by atoms with van der Waals surface area (Å²) < 4.78 is 34.4. The van der Waals surface area contributed by atoms with Crippen LogP contribution in [0.2, 0.25) is 0 Å². The Morgan fingerprint density at radius 1 is 1.11 bits per heavy atom. The van der Waals surface area contributed by atoms with Gasteiger partial charge in [-0.2, -0.15) is 0 Å². The Morgan fingerprint density at radius 3 is 2.56 bits per heavy atom. The van der Waals surface area contributed by atoms with Crippen LogP contribution in [0.25, 0.3) is 0 Å². The Labute approximate surface area is 214 Å². The number of ether oxygens (including phenoxy) is 1. The van der Waals surface area contributed by atoms with Crippen molar-refractivity contribution < 1.29 is 23.1 Å². The third-order valence-corrected chi connectivity index (χ3v) is 7.59. The first-order chi connectivity index (χ1) is 17.4. The van der Waals surface area contributed by atoms with Crippen molar-refractivity contribution in [1.29, 1.82) is 0 Å². The van der Waals surface area contributed by atoms with Gasteiger partial charge in [0.25, 0.3) is 5.91 Å². The summed E-state index contributed by atoms with van der Waals surface area (Å²) in [5, 5.41) is 1.98. The molecule has 0 N–H and O–H groups in total. The average Bonchev–Trinajstić information content (AvgIpc) is 3.36. The number of thiophene rings is 1. The van der Waals surface area contributed by atoms with Crippen molar-refractivity contribution in [2.75, 3.05) is 26.2 Å². The van der Waals surface area contributed by atoms with E-state index >= 15 is 0 Å². The lowest BCUT2D eigenvalue weighted by molar-refractivity contribution is -0.135. The normalized spacial score (nSPS) is 15.8. The standard InChI is InChI=1S/C28H30F2N2O3S/c1-3-19(2)16-31(28(34)20-8-4-5-9-22(20)29)17-27(33)32-14-12-26-21(13-15-36-26)24(32)18-35-25-11-7-6-10-23(25)30/h4-11,13,15,19,24H,3,12,14,16-18H2,1-2H3/t19-,24+/m1/s1. The maximum absolute atomic E-state index is 14.4. The molecule has 0 fully saturated rings. The van der Waals surface area contributed by atoms with Crippen LogP contribution in [0.3, 0.4) is 0 Å². The zero-order chi connectivity index (χ0) is 25.7. The summed E-state index contributed by atoms with van der Waals surface area (Å²) in [4.78, 5) is 31.2. The third kappa shape index (κ3) is 5.75. The highest BCUT2D eigenvalue weighted by Gasteiger charge is 2.34. The zero-order valence-electron chi connectivity index (χ0n) is 20.5. The lowest BCUT2D eigenvalue weighted by atomic mass is 10.00. The highest BCUT2D eigenvalue weighted by Crippen LogP contribution is 2.34. The van der Waals surface area contributed by atoms with Crippen LogP contribution in [-0.4, -0.2) is 47.9 Å². The van der Waals surface area contributed by atoms with Crippen molar-refractivity contribution >= 4 is 23.2 Å². The van der Waals surface area contributed by atoms with Crippen molar-refractivity contribution in [2.24, 2.45) is 5.92 Å². The van der Waals surface area contributed by atoms with Gasteiger partial charge in [-0.1, -0.05) is 44.5 Å². The largest absolute Gasteiger partial charge is 0.488 e. The van der Waals surface area contributed by atoms with Gasteiger partial charge in [-0.15, -0.1) is 11.3 Å². The van der Waals surface area contributed by atoms with Gasteiger partial charge in [-0.3, -0.25) is 9.59 Å². The highest BCUT2D eigenvalue weighted by atomic mass is 32.1. The fraction of sp³-hybridized carbons (Fsp3) is 0.357. The van der Waals surface area contributed by atoms with Gasteiger partial charge in [0.1, 0.15) is 19.0 Å². The number of carbonyl (C=O) groups excluding carboxylic acids is 2. The molecule has 3 aromatic rings. The number of rotatable bonds is 9. The van der Waals surface area contributed by atoms with Crippen molar-refractivity contribution in [3.8, 4) is 5.75 Å². The average molecular weight is 513 g/mol. The van der Waals surface area contributed by atoms with E-state index in [9.17, 15) is 18.4 Å². The van der Waals surface area contributed by atoms with Crippen LogP contribution in [0.1, 0.15) is 47.1 Å². The Hall–Kier alpha value is -3.26. The molecule has 2 aromatic carbocycles. The molecule has 1 aliphatic rings. The number of para-hydroxylation sites is 1. The lowest BCUT2D eigenvalue weighted by Gasteiger charge is -2.37. The minimum absolute atomic E-state index is 0.0493. The number of fused-ring (bicyclic) bond motifs is 1. The first kappa shape index (κ1) is 25.8. The number of carbonyl (C=O) groups is 2. The predicted molar refractivity (Wildman–Crippen MR) is 136 cm³/mol. The second kappa shape index (κ2) is 11.6. The fourth-order valence-corrected chi connectivity index (χ4v) is 5.32. The molecular formula is C28H30F2N2O3S. The van der Waals surface area contributed by atoms with Crippen molar-refractivity contribution in [3.05, 3.63) is 87.6 Å². The molecule has 2 heterocycles. The Balaban J connectivity index is 1.56. The topological polar surface area (TPSA) is 49.9 Å². The molecule has 0 saturated heterocycles. The van der Waals surface area contributed by atoms with Gasteiger partial charge in [0, 0.05) is 18.0 Å². The number of hydrogen-bond acceptors (Lipinski definition) is 4. The molecule has 5 nitrogen and oxygen atoms in total. The lowest BCUT2D eigenvalue weighted by Crippen LogP contribution is -2.48. The summed E-state index contributed by atoms with van der Waals surface area (Å²) in [5.74, 6) is -1.57. The van der Waals surface area contributed by atoms with Crippen molar-refractivity contribution in [2.45, 2.75) is 32.7 Å². The van der Waals surface area contributed by atoms with E-state index in [0.29, 0.717) is 19.5 Å². The van der Waals surface area contributed by atoms with Gasteiger partial charge in [0.15, 0.2) is 11.6 Å². The van der Waals surface area contributed by atoms with Crippen LogP contribution in [0.5, 0.6) is 5.75 Å². The summed E-state index contributed by atoms with van der Waals surface area (Å²) in [6.07, 6.45) is 1.51. The van der Waals surface area contributed by atoms with E-state index in [2.05, 4.69) is 0 Å². The number of amides is 2. The van der Waals surface area contributed by atoms with Crippen LogP contribution in [0, 0.1) is 17.6 Å². The molecule has 0 bridgehead atoms. The Kier molecular flexibility index (Phi) is 8.36. The van der Waals surface area contributed by atoms with Crippen molar-refractivity contribution in [3.63, 3.8) is 0 Å². The molecule has 0 radical (unpaired) electrons. The first-order valence-electron chi connectivity index (χ1n) is 12.2. The summed E-state index contributed by atoms with van der Waals surface area (Å²) in [6, 6.07) is 13.5. The van der Waals surface area contributed by atoms with E-state index in [1.165, 1.54) is 34.0 Å². The molecule has 2 atom stereocenters. The van der Waals surface area contributed by atoms with Crippen LogP contribution in [-0.2, 0) is 11.2 Å². The van der Waals surface area contributed by atoms with E-state index in [0.717, 1.165) is 12.0 Å². The number of nitrogens with zero attached hydrogens (tertiary/aromatic N) is 2. The van der Waals surface area contributed by atoms with E-state index in [4.69, 9.17) is 4.74 Å². The van der Waals surface area contributed by atoms with Gasteiger partial charge < -0.3 is 14.5 Å². The molecule has 1 aliphatic heterocycles. The van der Waals surface area contributed by atoms with E-state index in [1.54, 1.807) is 40.5 Å². The van der Waals surface area contributed by atoms with E-state index in [-0.39, 0.29) is 36.3 Å². The number of hydrogen-bond donors (Lipinski definition) is 0. The SMILES string of the molecule is CC[C@@H](C)CN(CC(=O)N1CCc2sccc2[C@@H]1COc1ccccc1F)C(=O)c1ccccc1F. The minimum Gasteiger partial charge on any atom is -0.488 e. The Morgan fingerprint density at radius 2 is 1.83 bits per heavy atom. The van der Waals surface area contributed by atoms with Gasteiger partial charge in [0.05, 0.1) is 11.6 Å². The molecule has 1 aromatic heterocycles. The van der Waals surface area contributed by atoms with Crippen LogP contribution in [0.4, 0.5) is 8.78 Å². The maximum atomic E-state index is 14.4. The van der Waals surface area contributed by atoms with Crippen LogP contribution < -0.4 is 4.74 Å². The van der Waals surface area contributed by atoms with E-state index < -0.39 is 23.6 Å². The minimum atomic E-state index is -0.610. The molecule has 0 unspecified atom stereocenters. The molecule has 0 saturated carbocycles. The summed E-state index contributed by atoms with van der Waals surface area (Å²) in [6.45, 7) is 4.72. The molecule has 0 spiro atoms. The van der Waals surface area contributed by atoms with Crippen molar-refractivity contribution in [1.82, 2.24) is 9.80 Å². The fourth-order valence-electron chi connectivity index (χ4n) is 4.39. The summed E-state index contributed by atoms with van der Waals surface area (Å²) >= 11 is 1.62. The second-order valence-corrected chi connectivity index (χ2v) is 10.1. The molecule has 0 aliphatic carbocycles. The monoisotopic (exact) mass is 512 g/mol. The van der Waals surface area contributed by atoms with Gasteiger partial charge in [0.2, 0.25) is 5.91 Å². The molecule has 36 heavy (non-hydrogen) atoms. The molecule has 8 heteroatoms.